The van der Waals surface area contributed by atoms with E-state index in [0.29, 0.717) is 0 Å². The first-order valence-corrected chi connectivity index (χ1v) is 4.82. The van der Waals surface area contributed by atoms with E-state index in [9.17, 15) is 13.2 Å². The first-order valence-electron chi connectivity index (χ1n) is 3.83. The number of nitrogens with one attached hydrogen (secondary N) is 1. The lowest BCUT2D eigenvalue weighted by atomic mass is 10.2. The predicted octanol–water partition coefficient (Wildman–Crippen LogP) is -0.112. The number of hydrogen-bond acceptors (Lipinski definition) is 4. The average molecular weight is 229 g/mol. The molecule has 0 spiro atoms. The van der Waals surface area contributed by atoms with Crippen LogP contribution in [-0.4, -0.2) is 41.0 Å². The first kappa shape index (κ1) is 11.6. The third-order valence-corrected chi connectivity index (χ3v) is 2.65. The number of aliphatic hydroxyl groups is 1. The summed E-state index contributed by atoms with van der Waals surface area (Å²) < 4.78 is 36.7. The number of aliphatic imine (C=N–C) groups is 1. The Morgan fingerprint density at radius 2 is 2.29 bits per heavy atom. The van der Waals surface area contributed by atoms with E-state index < -0.39 is 17.7 Å². The minimum absolute atomic E-state index is 0.0790. The van der Waals surface area contributed by atoms with Gasteiger partial charge in [-0.1, -0.05) is 11.8 Å². The second kappa shape index (κ2) is 3.95. The van der Waals surface area contributed by atoms with Gasteiger partial charge in [0.2, 0.25) is 5.72 Å². The van der Waals surface area contributed by atoms with Crippen LogP contribution in [0.3, 0.4) is 0 Å². The Labute approximate surface area is 82.8 Å². The van der Waals surface area contributed by atoms with Crippen molar-refractivity contribution in [1.29, 1.82) is 0 Å². The van der Waals surface area contributed by atoms with E-state index in [4.69, 9.17) is 10.8 Å². The smallest absolute Gasteiger partial charge is 0.363 e. The van der Waals surface area contributed by atoms with E-state index in [1.807, 2.05) is 5.32 Å². The van der Waals surface area contributed by atoms with Crippen molar-refractivity contribution in [2.24, 2.45) is 10.7 Å². The molecule has 1 heterocycles. The molecular formula is C6H10F3N3OS. The van der Waals surface area contributed by atoms with E-state index in [0.717, 1.165) is 11.8 Å². The molecule has 0 bridgehead atoms. The number of amidine groups is 1. The van der Waals surface area contributed by atoms with Crippen LogP contribution < -0.4 is 11.1 Å². The van der Waals surface area contributed by atoms with E-state index in [1.165, 1.54) is 0 Å². The van der Waals surface area contributed by atoms with Crippen molar-refractivity contribution in [1.82, 2.24) is 5.32 Å². The maximum Gasteiger partial charge on any atom is 0.437 e. The Morgan fingerprint density at radius 1 is 1.64 bits per heavy atom. The summed E-state index contributed by atoms with van der Waals surface area (Å²) >= 11 is 0.829. The van der Waals surface area contributed by atoms with Crippen molar-refractivity contribution in [2.75, 3.05) is 18.8 Å². The Bertz CT molecular complexity index is 245. The van der Waals surface area contributed by atoms with Gasteiger partial charge < -0.3 is 16.2 Å². The van der Waals surface area contributed by atoms with E-state index >= 15 is 0 Å². The molecule has 1 aliphatic heterocycles. The van der Waals surface area contributed by atoms with Crippen molar-refractivity contribution in [3.63, 3.8) is 0 Å². The van der Waals surface area contributed by atoms with Gasteiger partial charge in [0.25, 0.3) is 0 Å². The lowest BCUT2D eigenvalue weighted by Gasteiger charge is -2.24. The molecule has 1 unspecified atom stereocenters. The molecule has 0 aliphatic carbocycles. The molecule has 0 amide bonds. The molecule has 0 aromatic rings. The molecule has 8 heteroatoms. The lowest BCUT2D eigenvalue weighted by Crippen LogP contribution is -2.55. The normalized spacial score (nSPS) is 30.8. The third-order valence-electron chi connectivity index (χ3n) is 1.58. The standard InChI is InChI=1S/C6H10F3N3OS/c7-6(8,9)5(13)3-14-4(12-5)11-2-1-10/h13H,1-3,10H2,(H,11,12). The van der Waals surface area contributed by atoms with Crippen molar-refractivity contribution in [2.45, 2.75) is 11.9 Å². The van der Waals surface area contributed by atoms with Crippen LogP contribution in [0.4, 0.5) is 13.2 Å². The van der Waals surface area contributed by atoms with E-state index in [1.54, 1.807) is 0 Å². The molecule has 0 aromatic carbocycles. The predicted molar refractivity (Wildman–Crippen MR) is 48.0 cm³/mol. The summed E-state index contributed by atoms with van der Waals surface area (Å²) in [7, 11) is 0. The molecule has 1 saturated heterocycles. The molecule has 4 nitrogen and oxygen atoms in total. The quantitative estimate of drug-likeness (QED) is 0.618. The van der Waals surface area contributed by atoms with Crippen LogP contribution in [0, 0.1) is 0 Å². The van der Waals surface area contributed by atoms with Crippen LogP contribution in [0.1, 0.15) is 0 Å². The van der Waals surface area contributed by atoms with Gasteiger partial charge in [0.1, 0.15) is 0 Å². The topological polar surface area (TPSA) is 70.6 Å². The molecule has 0 saturated carbocycles. The Hall–Kier alpha value is -0.470. The van der Waals surface area contributed by atoms with Gasteiger partial charge in [-0.15, -0.1) is 0 Å². The lowest BCUT2D eigenvalue weighted by molar-refractivity contribution is -0.254. The summed E-state index contributed by atoms with van der Waals surface area (Å²) in [6.07, 6.45) is -4.69. The number of halogens is 3. The van der Waals surface area contributed by atoms with Crippen molar-refractivity contribution in [3.05, 3.63) is 0 Å². The van der Waals surface area contributed by atoms with Gasteiger partial charge in [0.05, 0.1) is 12.3 Å². The number of rotatable bonds is 2. The fourth-order valence-corrected chi connectivity index (χ4v) is 1.83. The summed E-state index contributed by atoms with van der Waals surface area (Å²) in [5, 5.41) is 11.1. The largest absolute Gasteiger partial charge is 0.437 e. The number of thioether (sulfide) groups is 1. The maximum atomic E-state index is 12.2. The van der Waals surface area contributed by atoms with Gasteiger partial charge in [-0.05, 0) is 0 Å². The van der Waals surface area contributed by atoms with Crippen LogP contribution >= 0.6 is 11.8 Å². The highest BCUT2D eigenvalue weighted by Gasteiger charge is 2.57. The van der Waals surface area contributed by atoms with Crippen LogP contribution in [0.5, 0.6) is 0 Å². The Balaban J connectivity index is 2.64. The number of nitrogens with two attached hydrogens (primary N) is 1. The highest BCUT2D eigenvalue weighted by atomic mass is 32.2. The minimum atomic E-state index is -4.69. The zero-order valence-electron chi connectivity index (χ0n) is 7.14. The molecule has 1 atom stereocenters. The van der Waals surface area contributed by atoms with E-state index in [2.05, 4.69) is 4.99 Å². The second-order valence-electron chi connectivity index (χ2n) is 2.75. The summed E-state index contributed by atoms with van der Waals surface area (Å²) in [6, 6.07) is 0. The molecule has 82 valence electrons. The first-order chi connectivity index (χ1) is 6.39. The van der Waals surface area contributed by atoms with E-state index in [-0.39, 0.29) is 18.3 Å². The van der Waals surface area contributed by atoms with Crippen molar-refractivity contribution < 1.29 is 18.3 Å². The SMILES string of the molecule is NCCN=C1NC(O)(C(F)(F)F)CS1. The van der Waals surface area contributed by atoms with Gasteiger partial charge >= 0.3 is 6.18 Å². The molecule has 1 fully saturated rings. The Kier molecular flexibility index (Phi) is 3.28. The molecule has 0 aromatic heterocycles. The number of nitrogens with zero attached hydrogens (tertiary/aromatic N) is 1. The molecular weight excluding hydrogens is 219 g/mol. The summed E-state index contributed by atoms with van der Waals surface area (Å²) in [6.45, 7) is 0.499. The van der Waals surface area contributed by atoms with Crippen LogP contribution in [-0.2, 0) is 0 Å². The van der Waals surface area contributed by atoms with Gasteiger partial charge in [-0.2, -0.15) is 13.2 Å². The third kappa shape index (κ3) is 2.31. The monoisotopic (exact) mass is 229 g/mol. The number of hydrogen-bond donors (Lipinski definition) is 3. The molecule has 14 heavy (non-hydrogen) atoms. The second-order valence-corrected chi connectivity index (χ2v) is 3.71. The zero-order chi connectivity index (χ0) is 10.8. The fourth-order valence-electron chi connectivity index (χ4n) is 0.826. The van der Waals surface area contributed by atoms with Crippen LogP contribution in [0.2, 0.25) is 0 Å². The maximum absolute atomic E-state index is 12.2. The zero-order valence-corrected chi connectivity index (χ0v) is 7.95. The van der Waals surface area contributed by atoms with Gasteiger partial charge in [0.15, 0.2) is 5.17 Å². The average Bonchev–Trinajstić information content (AvgIpc) is 2.44. The summed E-state index contributed by atoms with van der Waals surface area (Å²) in [5.74, 6) is -0.486. The minimum Gasteiger partial charge on any atom is -0.363 e. The highest BCUT2D eigenvalue weighted by Crippen LogP contribution is 2.35. The number of alkyl halides is 3. The van der Waals surface area contributed by atoms with Gasteiger partial charge in [0, 0.05) is 6.54 Å². The fraction of sp³-hybridized carbons (Fsp3) is 0.833. The summed E-state index contributed by atoms with van der Waals surface area (Å²) in [4.78, 5) is 3.73. The summed E-state index contributed by atoms with van der Waals surface area (Å²) in [5.41, 5.74) is 2.28. The van der Waals surface area contributed by atoms with Crippen molar-refractivity contribution >= 4 is 16.9 Å². The van der Waals surface area contributed by atoms with Gasteiger partial charge in [-0.3, -0.25) is 4.99 Å². The highest BCUT2D eigenvalue weighted by molar-refractivity contribution is 8.14. The van der Waals surface area contributed by atoms with Crippen LogP contribution in [0.15, 0.2) is 4.99 Å². The molecule has 1 rings (SSSR count). The Morgan fingerprint density at radius 3 is 2.71 bits per heavy atom. The molecule has 0 radical (unpaired) electrons. The van der Waals surface area contributed by atoms with Crippen molar-refractivity contribution in [3.8, 4) is 0 Å². The molecule has 4 N–H and O–H groups in total. The van der Waals surface area contributed by atoms with Gasteiger partial charge in [-0.25, -0.2) is 0 Å². The molecule has 1 aliphatic rings. The van der Waals surface area contributed by atoms with Crippen LogP contribution in [0.25, 0.3) is 0 Å².